The van der Waals surface area contributed by atoms with Gasteiger partial charge in [0.1, 0.15) is 6.17 Å². The van der Waals surface area contributed by atoms with Gasteiger partial charge >= 0.3 is 0 Å². The van der Waals surface area contributed by atoms with E-state index in [1.165, 1.54) is 11.1 Å². The fourth-order valence-electron chi connectivity index (χ4n) is 2.92. The lowest BCUT2D eigenvalue weighted by atomic mass is 10.1. The molecule has 116 valence electrons. The van der Waals surface area contributed by atoms with Gasteiger partial charge in [-0.1, -0.05) is 38.1 Å². The highest BCUT2D eigenvalue weighted by atomic mass is 32.2. The maximum atomic E-state index is 12.7. The van der Waals surface area contributed by atoms with Crippen LogP contribution in [0.25, 0.3) is 0 Å². The Morgan fingerprint density at radius 3 is 2.67 bits per heavy atom. The molecule has 1 saturated heterocycles. The summed E-state index contributed by atoms with van der Waals surface area (Å²) in [4.78, 5) is 14.7. The second-order valence-electron chi connectivity index (χ2n) is 5.64. The fraction of sp³-hybridized carbons (Fsp3) is 0.588. The third-order valence-electron chi connectivity index (χ3n) is 4.12. The molecule has 1 fully saturated rings. The van der Waals surface area contributed by atoms with Gasteiger partial charge in [0.15, 0.2) is 0 Å². The van der Waals surface area contributed by atoms with Gasteiger partial charge in [-0.2, -0.15) is 11.8 Å². The van der Waals surface area contributed by atoms with Crippen molar-refractivity contribution in [2.24, 2.45) is 0 Å². The first-order valence-corrected chi connectivity index (χ1v) is 8.97. The van der Waals surface area contributed by atoms with E-state index in [1.807, 2.05) is 17.8 Å². The highest BCUT2D eigenvalue weighted by molar-refractivity contribution is 7.99. The first kappa shape index (κ1) is 16.4. The Labute approximate surface area is 132 Å². The van der Waals surface area contributed by atoms with Crippen molar-refractivity contribution in [1.82, 2.24) is 10.2 Å². The number of carbonyl (C=O) groups is 1. The number of nitrogens with one attached hydrogen (secondary N) is 1. The second kappa shape index (κ2) is 7.32. The number of amides is 1. The summed E-state index contributed by atoms with van der Waals surface area (Å²) >= 11 is 1.89. The zero-order chi connectivity index (χ0) is 15.4. The molecule has 0 aromatic heterocycles. The van der Waals surface area contributed by atoms with E-state index in [2.05, 4.69) is 56.1 Å². The molecule has 21 heavy (non-hydrogen) atoms. The van der Waals surface area contributed by atoms with Crippen LogP contribution in [0.4, 0.5) is 0 Å². The zero-order valence-electron chi connectivity index (χ0n) is 13.4. The molecule has 0 spiro atoms. The maximum absolute atomic E-state index is 12.7. The van der Waals surface area contributed by atoms with Crippen molar-refractivity contribution in [3.05, 3.63) is 35.4 Å². The van der Waals surface area contributed by atoms with Crippen LogP contribution in [0, 0.1) is 6.92 Å². The number of hydrogen-bond acceptors (Lipinski definition) is 3. The van der Waals surface area contributed by atoms with Crippen LogP contribution in [0.5, 0.6) is 0 Å². The molecule has 3 atom stereocenters. The first-order chi connectivity index (χ1) is 10.1. The Morgan fingerprint density at radius 2 is 2.05 bits per heavy atom. The predicted octanol–water partition coefficient (Wildman–Crippen LogP) is 3.35. The molecule has 4 heteroatoms. The van der Waals surface area contributed by atoms with Crippen molar-refractivity contribution in [1.29, 1.82) is 0 Å². The third-order valence-corrected chi connectivity index (χ3v) is 5.25. The number of carbonyl (C=O) groups excluding carboxylic acids is 1. The highest BCUT2D eigenvalue weighted by Crippen LogP contribution is 2.31. The summed E-state index contributed by atoms with van der Waals surface area (Å²) in [5, 5.41) is 3.52. The van der Waals surface area contributed by atoms with Gasteiger partial charge in [-0.15, -0.1) is 0 Å². The van der Waals surface area contributed by atoms with E-state index in [1.54, 1.807) is 0 Å². The van der Waals surface area contributed by atoms with E-state index in [9.17, 15) is 4.79 Å². The van der Waals surface area contributed by atoms with Gasteiger partial charge in [0.25, 0.3) is 0 Å². The van der Waals surface area contributed by atoms with Crippen LogP contribution in [0.15, 0.2) is 24.3 Å². The summed E-state index contributed by atoms with van der Waals surface area (Å²) in [5.41, 5.74) is 2.45. The molecule has 1 amide bonds. The van der Waals surface area contributed by atoms with Gasteiger partial charge in [0, 0.05) is 11.8 Å². The summed E-state index contributed by atoms with van der Waals surface area (Å²) in [5.74, 6) is 2.32. The van der Waals surface area contributed by atoms with Crippen LogP contribution in [-0.4, -0.2) is 34.4 Å². The molecule has 0 aliphatic carbocycles. The second-order valence-corrected chi connectivity index (χ2v) is 6.96. The summed E-state index contributed by atoms with van der Waals surface area (Å²) in [6.07, 6.45) is 0.849. The molecule has 0 radical (unpaired) electrons. The summed E-state index contributed by atoms with van der Waals surface area (Å²) in [6.45, 7) is 8.50. The molecule has 1 heterocycles. The number of rotatable bonds is 6. The number of nitrogens with zero attached hydrogens (tertiary/aromatic N) is 1. The minimum Gasteiger partial charge on any atom is -0.318 e. The SMILES string of the molecule is CCSCC(C)N1C(=O)C(CC)NC1c1ccccc1C. The number of hydrogen-bond donors (Lipinski definition) is 1. The third kappa shape index (κ3) is 3.43. The lowest BCUT2D eigenvalue weighted by Crippen LogP contribution is -2.40. The fourth-order valence-corrected chi connectivity index (χ4v) is 3.65. The quantitative estimate of drug-likeness (QED) is 0.875. The Kier molecular flexibility index (Phi) is 5.71. The van der Waals surface area contributed by atoms with Crippen molar-refractivity contribution in [3.8, 4) is 0 Å². The van der Waals surface area contributed by atoms with Gasteiger partial charge in [-0.25, -0.2) is 0 Å². The van der Waals surface area contributed by atoms with Crippen molar-refractivity contribution in [3.63, 3.8) is 0 Å². The normalized spacial score (nSPS) is 23.6. The summed E-state index contributed by atoms with van der Waals surface area (Å²) in [7, 11) is 0. The molecule has 1 aromatic rings. The Hall–Kier alpha value is -1.00. The molecule has 0 bridgehead atoms. The molecule has 1 N–H and O–H groups in total. The largest absolute Gasteiger partial charge is 0.318 e. The number of aryl methyl sites for hydroxylation is 1. The zero-order valence-corrected chi connectivity index (χ0v) is 14.2. The molecule has 2 rings (SSSR count). The smallest absolute Gasteiger partial charge is 0.241 e. The van der Waals surface area contributed by atoms with Crippen LogP contribution in [0.3, 0.4) is 0 Å². The summed E-state index contributed by atoms with van der Waals surface area (Å²) in [6, 6.07) is 8.54. The molecular weight excluding hydrogens is 280 g/mol. The molecule has 1 aliphatic rings. The molecule has 1 aromatic carbocycles. The monoisotopic (exact) mass is 306 g/mol. The van der Waals surface area contributed by atoms with Crippen LogP contribution < -0.4 is 5.32 Å². The van der Waals surface area contributed by atoms with Crippen LogP contribution in [0.2, 0.25) is 0 Å². The van der Waals surface area contributed by atoms with Gasteiger partial charge in [-0.05, 0) is 37.1 Å². The van der Waals surface area contributed by atoms with Gasteiger partial charge in [0.2, 0.25) is 5.91 Å². The van der Waals surface area contributed by atoms with Gasteiger partial charge in [0.05, 0.1) is 6.04 Å². The topological polar surface area (TPSA) is 32.3 Å². The summed E-state index contributed by atoms with van der Waals surface area (Å²) < 4.78 is 0. The van der Waals surface area contributed by atoms with E-state index in [4.69, 9.17) is 0 Å². The van der Waals surface area contributed by atoms with E-state index in [-0.39, 0.29) is 24.2 Å². The average Bonchev–Trinajstić information content (AvgIpc) is 2.82. The van der Waals surface area contributed by atoms with Crippen molar-refractivity contribution < 1.29 is 4.79 Å². The highest BCUT2D eigenvalue weighted by Gasteiger charge is 2.41. The molecule has 3 unspecified atom stereocenters. The lowest BCUT2D eigenvalue weighted by Gasteiger charge is -2.31. The predicted molar refractivity (Wildman–Crippen MR) is 90.4 cm³/mol. The molecular formula is C17H26N2OS. The lowest BCUT2D eigenvalue weighted by molar-refractivity contribution is -0.131. The van der Waals surface area contributed by atoms with E-state index in [0.717, 1.165) is 17.9 Å². The van der Waals surface area contributed by atoms with Crippen LogP contribution in [-0.2, 0) is 4.79 Å². The maximum Gasteiger partial charge on any atom is 0.241 e. The molecule has 3 nitrogen and oxygen atoms in total. The number of thioether (sulfide) groups is 1. The Morgan fingerprint density at radius 1 is 1.33 bits per heavy atom. The van der Waals surface area contributed by atoms with E-state index >= 15 is 0 Å². The first-order valence-electron chi connectivity index (χ1n) is 7.81. The average molecular weight is 306 g/mol. The van der Waals surface area contributed by atoms with E-state index < -0.39 is 0 Å². The number of benzene rings is 1. The van der Waals surface area contributed by atoms with Crippen molar-refractivity contribution >= 4 is 17.7 Å². The minimum atomic E-state index is -0.0521. The van der Waals surface area contributed by atoms with Gasteiger partial charge < -0.3 is 4.90 Å². The van der Waals surface area contributed by atoms with Gasteiger partial charge in [-0.3, -0.25) is 10.1 Å². The van der Waals surface area contributed by atoms with Crippen LogP contribution >= 0.6 is 11.8 Å². The van der Waals surface area contributed by atoms with E-state index in [0.29, 0.717) is 0 Å². The van der Waals surface area contributed by atoms with Crippen molar-refractivity contribution in [2.75, 3.05) is 11.5 Å². The van der Waals surface area contributed by atoms with Crippen molar-refractivity contribution in [2.45, 2.75) is 52.4 Å². The Balaban J connectivity index is 2.28. The van der Waals surface area contributed by atoms with Crippen LogP contribution in [0.1, 0.15) is 44.5 Å². The standard InChI is InChI=1S/C17H26N2OS/c1-5-15-17(20)19(13(4)11-21-6-2)16(18-15)14-10-8-7-9-12(14)3/h7-10,13,15-16,18H,5-6,11H2,1-4H3. The minimum absolute atomic E-state index is 0.0103. The molecule has 0 saturated carbocycles. The Bertz CT molecular complexity index is 491. The molecule has 1 aliphatic heterocycles.